The average molecular weight is 436 g/mol. The van der Waals surface area contributed by atoms with Gasteiger partial charge in [-0.15, -0.1) is 0 Å². The molecule has 158 valence electrons. The number of hydrogen-bond acceptors (Lipinski definition) is 3. The number of halogens is 3. The third kappa shape index (κ3) is 3.43. The molecule has 0 fully saturated rings. The van der Waals surface area contributed by atoms with Gasteiger partial charge in [-0.1, -0.05) is 37.9 Å². The molecule has 0 radical (unpaired) electrons. The molecule has 1 unspecified atom stereocenters. The van der Waals surface area contributed by atoms with Crippen LogP contribution in [0.25, 0.3) is 10.9 Å². The zero-order valence-corrected chi connectivity index (χ0v) is 17.3. The quantitative estimate of drug-likeness (QED) is 0.555. The van der Waals surface area contributed by atoms with Gasteiger partial charge < -0.3 is 10.2 Å². The molecule has 3 aromatic rings. The Kier molecular flexibility index (Phi) is 5.85. The molecule has 0 saturated heterocycles. The lowest BCUT2D eigenvalue weighted by Crippen LogP contribution is -2.21. The van der Waals surface area contributed by atoms with Crippen molar-refractivity contribution in [2.75, 3.05) is 0 Å². The normalized spacial score (nSPS) is 13.4. The minimum Gasteiger partial charge on any atom is -0.503 e. The number of aromatic hydroxyl groups is 1. The molecule has 3 rings (SSSR count). The van der Waals surface area contributed by atoms with Crippen molar-refractivity contribution in [2.45, 2.75) is 33.1 Å². The number of fused-ring (bicyclic) bond motifs is 1. The smallest absolute Gasteiger partial charge is 0.311 e. The molecule has 0 spiro atoms. The van der Waals surface area contributed by atoms with Crippen LogP contribution in [-0.4, -0.2) is 26.7 Å². The molecule has 2 atom stereocenters. The van der Waals surface area contributed by atoms with E-state index in [2.05, 4.69) is 0 Å². The molecule has 2 N–H and O–H groups in total. The molecular weight excluding hydrogens is 416 g/mol. The van der Waals surface area contributed by atoms with Gasteiger partial charge >= 0.3 is 5.97 Å². The second-order valence-electron chi connectivity index (χ2n) is 7.27. The first kappa shape index (κ1) is 21.8. The minimum absolute atomic E-state index is 0.0371. The summed E-state index contributed by atoms with van der Waals surface area (Å²) < 4.78 is 30.3. The second kappa shape index (κ2) is 8.07. The number of hydrogen-bond donors (Lipinski definition) is 2. The van der Waals surface area contributed by atoms with Crippen LogP contribution in [0.1, 0.15) is 47.8 Å². The fourth-order valence-electron chi connectivity index (χ4n) is 3.79. The summed E-state index contributed by atoms with van der Waals surface area (Å²) in [4.78, 5) is 25.3. The molecule has 2 aromatic carbocycles. The first-order chi connectivity index (χ1) is 14.1. The second-order valence-corrected chi connectivity index (χ2v) is 7.70. The Hall–Kier alpha value is -2.93. The van der Waals surface area contributed by atoms with Crippen molar-refractivity contribution in [1.29, 1.82) is 0 Å². The summed E-state index contributed by atoms with van der Waals surface area (Å²) in [6.07, 6.45) is 0.472. The number of carbonyl (C=O) groups excluding carboxylic acids is 1. The lowest BCUT2D eigenvalue weighted by molar-refractivity contribution is -0.140. The van der Waals surface area contributed by atoms with Crippen molar-refractivity contribution >= 4 is 34.4 Å². The number of carboxylic acid groups (broad SMARTS) is 1. The molecule has 0 aliphatic heterocycles. The van der Waals surface area contributed by atoms with Crippen LogP contribution in [0.3, 0.4) is 0 Å². The first-order valence-corrected chi connectivity index (χ1v) is 9.72. The van der Waals surface area contributed by atoms with Crippen molar-refractivity contribution in [1.82, 2.24) is 4.57 Å². The van der Waals surface area contributed by atoms with Gasteiger partial charge in [0.15, 0.2) is 17.4 Å². The summed E-state index contributed by atoms with van der Waals surface area (Å²) in [7, 11) is 0. The van der Waals surface area contributed by atoms with E-state index < -0.39 is 41.1 Å². The summed E-state index contributed by atoms with van der Waals surface area (Å²) in [5.41, 5.74) is 0.204. The van der Waals surface area contributed by atoms with E-state index in [0.29, 0.717) is 11.4 Å². The molecule has 5 nitrogen and oxygen atoms in total. The highest BCUT2D eigenvalue weighted by atomic mass is 35.5. The Labute approximate surface area is 176 Å². The highest BCUT2D eigenvalue weighted by molar-refractivity contribution is 6.31. The van der Waals surface area contributed by atoms with Crippen LogP contribution in [0.15, 0.2) is 30.3 Å². The van der Waals surface area contributed by atoms with E-state index >= 15 is 4.39 Å². The monoisotopic (exact) mass is 435 g/mol. The highest BCUT2D eigenvalue weighted by Gasteiger charge is 2.35. The van der Waals surface area contributed by atoms with Crippen LogP contribution in [0, 0.1) is 24.5 Å². The fourth-order valence-corrected chi connectivity index (χ4v) is 3.98. The van der Waals surface area contributed by atoms with Crippen molar-refractivity contribution < 1.29 is 28.6 Å². The van der Waals surface area contributed by atoms with E-state index in [4.69, 9.17) is 11.6 Å². The van der Waals surface area contributed by atoms with Gasteiger partial charge in [0.2, 0.25) is 0 Å². The molecular formula is C22H20ClF2NO4. The fraction of sp³-hybridized carbons (Fsp3) is 0.273. The lowest BCUT2D eigenvalue weighted by atomic mass is 9.84. The number of benzene rings is 2. The van der Waals surface area contributed by atoms with E-state index in [1.807, 2.05) is 0 Å². The Balaban J connectivity index is 2.44. The van der Waals surface area contributed by atoms with E-state index in [0.717, 1.165) is 10.6 Å². The van der Waals surface area contributed by atoms with E-state index in [1.165, 1.54) is 19.1 Å². The number of rotatable bonds is 5. The number of carboxylic acids is 1. The molecule has 0 saturated carbocycles. The van der Waals surface area contributed by atoms with E-state index in [1.54, 1.807) is 26.0 Å². The number of carbonyl (C=O) groups is 2. The molecule has 1 heterocycles. The number of aliphatic carboxylic acids is 1. The number of aromatic nitrogens is 1. The maximum absolute atomic E-state index is 15.0. The van der Waals surface area contributed by atoms with Gasteiger partial charge in [0.25, 0.3) is 5.91 Å². The zero-order chi connectivity index (χ0) is 22.3. The van der Waals surface area contributed by atoms with Gasteiger partial charge in [-0.25, -0.2) is 8.78 Å². The van der Waals surface area contributed by atoms with Crippen molar-refractivity contribution in [3.63, 3.8) is 0 Å². The molecule has 0 aliphatic carbocycles. The Bertz CT molecular complexity index is 1170. The van der Waals surface area contributed by atoms with Crippen LogP contribution >= 0.6 is 11.6 Å². The Morgan fingerprint density at radius 1 is 1.23 bits per heavy atom. The van der Waals surface area contributed by atoms with Gasteiger partial charge in [0, 0.05) is 27.7 Å². The van der Waals surface area contributed by atoms with Crippen LogP contribution in [0.2, 0.25) is 5.02 Å². The number of phenols is 1. The van der Waals surface area contributed by atoms with Gasteiger partial charge in [-0.2, -0.15) is 0 Å². The first-order valence-electron chi connectivity index (χ1n) is 9.35. The third-order valence-corrected chi connectivity index (χ3v) is 5.71. The highest BCUT2D eigenvalue weighted by Crippen LogP contribution is 2.41. The zero-order valence-electron chi connectivity index (χ0n) is 16.5. The van der Waals surface area contributed by atoms with E-state index in [9.17, 15) is 24.2 Å². The summed E-state index contributed by atoms with van der Waals surface area (Å²) in [6.45, 7) is 4.96. The van der Waals surface area contributed by atoms with Crippen LogP contribution in [-0.2, 0) is 4.79 Å². The van der Waals surface area contributed by atoms with Crippen molar-refractivity contribution in [3.8, 4) is 5.75 Å². The molecule has 0 amide bonds. The minimum atomic E-state index is -1.30. The van der Waals surface area contributed by atoms with Crippen LogP contribution in [0.4, 0.5) is 8.78 Å². The van der Waals surface area contributed by atoms with Crippen molar-refractivity contribution in [2.24, 2.45) is 5.92 Å². The summed E-state index contributed by atoms with van der Waals surface area (Å²) in [5, 5.41) is 19.7. The van der Waals surface area contributed by atoms with Gasteiger partial charge in [-0.05, 0) is 36.6 Å². The van der Waals surface area contributed by atoms with Gasteiger partial charge in [0.1, 0.15) is 0 Å². The third-order valence-electron chi connectivity index (χ3n) is 5.47. The summed E-state index contributed by atoms with van der Waals surface area (Å²) >= 11 is 5.97. The predicted molar refractivity (Wildman–Crippen MR) is 109 cm³/mol. The molecule has 0 aliphatic rings. The molecule has 30 heavy (non-hydrogen) atoms. The maximum Gasteiger partial charge on any atom is 0.311 e. The Morgan fingerprint density at radius 2 is 1.90 bits per heavy atom. The van der Waals surface area contributed by atoms with Gasteiger partial charge in [-0.3, -0.25) is 14.2 Å². The Morgan fingerprint density at radius 3 is 2.47 bits per heavy atom. The topological polar surface area (TPSA) is 79.5 Å². The summed E-state index contributed by atoms with van der Waals surface area (Å²) in [6, 6.07) is 6.87. The van der Waals surface area contributed by atoms with Gasteiger partial charge in [0.05, 0.1) is 11.4 Å². The summed E-state index contributed by atoms with van der Waals surface area (Å²) in [5.74, 6) is -7.16. The van der Waals surface area contributed by atoms with E-state index in [-0.39, 0.29) is 27.7 Å². The van der Waals surface area contributed by atoms with Crippen molar-refractivity contribution in [3.05, 3.63) is 63.8 Å². The predicted octanol–water partition coefficient (Wildman–Crippen LogP) is 5.49. The largest absolute Gasteiger partial charge is 0.503 e. The molecule has 8 heteroatoms. The number of phenolic OH excluding ortho intramolecular Hbond substituents is 1. The standard InChI is InChI=1S/C22H20ClF2NO4/c1-4-10(2)16(22(29)30)17-11(3)26(21(28)12-6-5-7-13(23)8-12)15-9-14(24)20(27)19(25)18(15)17/h5-10,16,27H,4H2,1-3H3,(H,29,30)/t10?,16-/m1/s1. The molecule has 0 bridgehead atoms. The molecule has 1 aromatic heterocycles. The number of nitrogens with zero attached hydrogens (tertiary/aromatic N) is 1. The SMILES string of the molecule is CCC(C)[C@@H](C(=O)O)c1c(C)n(C(=O)c2cccc(Cl)c2)c2cc(F)c(O)c(F)c12. The lowest BCUT2D eigenvalue weighted by Gasteiger charge is -2.20. The van der Waals surface area contributed by atoms with Crippen LogP contribution < -0.4 is 0 Å². The average Bonchev–Trinajstić information content (AvgIpc) is 2.97. The maximum atomic E-state index is 15.0. The van der Waals surface area contributed by atoms with Crippen LogP contribution in [0.5, 0.6) is 5.75 Å².